The summed E-state index contributed by atoms with van der Waals surface area (Å²) in [6, 6.07) is 5.95. The minimum absolute atomic E-state index is 0.00154. The molecule has 3 heteroatoms. The number of amides is 1. The first kappa shape index (κ1) is 12.6. The van der Waals surface area contributed by atoms with Crippen LogP contribution >= 0.6 is 0 Å². The maximum atomic E-state index is 11.5. The second kappa shape index (κ2) is 5.54. The van der Waals surface area contributed by atoms with Gasteiger partial charge >= 0.3 is 0 Å². The summed E-state index contributed by atoms with van der Waals surface area (Å²) in [7, 11) is 1.77. The molecule has 1 aromatic rings. The fraction of sp³-hybridized carbons (Fsp3) is 0.462. The predicted molar refractivity (Wildman–Crippen MR) is 64.7 cm³/mol. The normalized spacial score (nSPS) is 10.0. The molecule has 1 amide bonds. The van der Waals surface area contributed by atoms with Crippen molar-refractivity contribution < 1.29 is 9.53 Å². The van der Waals surface area contributed by atoms with Crippen molar-refractivity contribution in [2.75, 3.05) is 20.2 Å². The first-order valence-electron chi connectivity index (χ1n) is 5.48. The molecule has 0 saturated heterocycles. The number of rotatable bonds is 4. The molecule has 16 heavy (non-hydrogen) atoms. The number of nitrogens with zero attached hydrogens (tertiary/aromatic N) is 1. The average Bonchev–Trinajstić information content (AvgIpc) is 2.23. The van der Waals surface area contributed by atoms with E-state index in [0.29, 0.717) is 6.54 Å². The SMILES string of the molecule is CCN(C)C(=O)COc1cc(C)cc(C)c1. The zero-order valence-electron chi connectivity index (χ0n) is 10.4. The van der Waals surface area contributed by atoms with E-state index in [4.69, 9.17) is 4.74 Å². The molecule has 88 valence electrons. The van der Waals surface area contributed by atoms with Crippen molar-refractivity contribution in [3.05, 3.63) is 29.3 Å². The van der Waals surface area contributed by atoms with Crippen molar-refractivity contribution in [2.24, 2.45) is 0 Å². The summed E-state index contributed by atoms with van der Waals surface area (Å²) < 4.78 is 5.46. The van der Waals surface area contributed by atoms with Gasteiger partial charge in [-0.15, -0.1) is 0 Å². The summed E-state index contributed by atoms with van der Waals surface area (Å²) in [5.41, 5.74) is 2.29. The molecule has 0 N–H and O–H groups in total. The van der Waals surface area contributed by atoms with Gasteiger partial charge in [0, 0.05) is 13.6 Å². The van der Waals surface area contributed by atoms with Gasteiger partial charge in [-0.05, 0) is 44.0 Å². The highest BCUT2D eigenvalue weighted by molar-refractivity contribution is 5.77. The lowest BCUT2D eigenvalue weighted by atomic mass is 10.1. The fourth-order valence-electron chi connectivity index (χ4n) is 1.45. The molecule has 1 aromatic carbocycles. The molecule has 0 aliphatic rings. The Hall–Kier alpha value is -1.51. The third-order valence-electron chi connectivity index (χ3n) is 2.46. The van der Waals surface area contributed by atoms with Crippen LogP contribution in [0.5, 0.6) is 5.75 Å². The third kappa shape index (κ3) is 3.57. The Morgan fingerprint density at radius 1 is 1.25 bits per heavy atom. The summed E-state index contributed by atoms with van der Waals surface area (Å²) in [5.74, 6) is 0.761. The smallest absolute Gasteiger partial charge is 0.260 e. The van der Waals surface area contributed by atoms with Gasteiger partial charge in [-0.2, -0.15) is 0 Å². The molecule has 0 saturated carbocycles. The van der Waals surface area contributed by atoms with Crippen LogP contribution in [0.25, 0.3) is 0 Å². The molecule has 0 aromatic heterocycles. The lowest BCUT2D eigenvalue weighted by Gasteiger charge is -2.15. The molecule has 0 bridgehead atoms. The van der Waals surface area contributed by atoms with Crippen molar-refractivity contribution in [3.8, 4) is 5.75 Å². The van der Waals surface area contributed by atoms with Gasteiger partial charge in [0.2, 0.25) is 0 Å². The Bertz CT molecular complexity index is 354. The molecule has 0 aliphatic carbocycles. The Labute approximate surface area is 97.0 Å². The zero-order valence-corrected chi connectivity index (χ0v) is 10.4. The van der Waals surface area contributed by atoms with Crippen molar-refractivity contribution in [1.82, 2.24) is 4.90 Å². The number of ether oxygens (including phenoxy) is 1. The zero-order chi connectivity index (χ0) is 12.1. The molecule has 0 atom stereocenters. The van der Waals surface area contributed by atoms with Gasteiger partial charge < -0.3 is 9.64 Å². The number of aryl methyl sites for hydroxylation is 2. The Morgan fingerprint density at radius 2 is 1.81 bits per heavy atom. The maximum Gasteiger partial charge on any atom is 0.260 e. The Morgan fingerprint density at radius 3 is 2.31 bits per heavy atom. The van der Waals surface area contributed by atoms with Crippen LogP contribution in [-0.4, -0.2) is 31.0 Å². The van der Waals surface area contributed by atoms with Crippen LogP contribution in [0.3, 0.4) is 0 Å². The van der Waals surface area contributed by atoms with E-state index in [-0.39, 0.29) is 12.5 Å². The van der Waals surface area contributed by atoms with Gasteiger partial charge in [0.25, 0.3) is 5.91 Å². The van der Waals surface area contributed by atoms with Gasteiger partial charge in [-0.1, -0.05) is 6.07 Å². The average molecular weight is 221 g/mol. The van der Waals surface area contributed by atoms with Crippen molar-refractivity contribution in [3.63, 3.8) is 0 Å². The molecule has 0 radical (unpaired) electrons. The highest BCUT2D eigenvalue weighted by Gasteiger charge is 2.07. The molecule has 0 spiro atoms. The topological polar surface area (TPSA) is 29.5 Å². The second-order valence-corrected chi connectivity index (χ2v) is 4.02. The van der Waals surface area contributed by atoms with Crippen molar-refractivity contribution in [1.29, 1.82) is 0 Å². The Kier molecular flexibility index (Phi) is 4.35. The molecule has 0 heterocycles. The van der Waals surface area contributed by atoms with Crippen LogP contribution in [0.1, 0.15) is 18.1 Å². The molecular weight excluding hydrogens is 202 g/mol. The molecule has 0 unspecified atom stereocenters. The van der Waals surface area contributed by atoms with Crippen molar-refractivity contribution >= 4 is 5.91 Å². The molecule has 1 rings (SSSR count). The first-order chi connectivity index (χ1) is 7.52. The lowest BCUT2D eigenvalue weighted by molar-refractivity contribution is -0.131. The number of benzene rings is 1. The number of hydrogen-bond donors (Lipinski definition) is 0. The van der Waals surface area contributed by atoms with E-state index in [9.17, 15) is 4.79 Å². The van der Waals surface area contributed by atoms with Gasteiger partial charge in [-0.3, -0.25) is 4.79 Å². The van der Waals surface area contributed by atoms with Crippen LogP contribution in [0.4, 0.5) is 0 Å². The van der Waals surface area contributed by atoms with Crippen molar-refractivity contribution in [2.45, 2.75) is 20.8 Å². The number of likely N-dealkylation sites (N-methyl/N-ethyl adjacent to an activating group) is 1. The summed E-state index contributed by atoms with van der Waals surface area (Å²) >= 11 is 0. The van der Waals surface area contributed by atoms with Crippen LogP contribution < -0.4 is 4.74 Å². The van der Waals surface area contributed by atoms with Gasteiger partial charge in [0.15, 0.2) is 6.61 Å². The van der Waals surface area contributed by atoms with E-state index >= 15 is 0 Å². The summed E-state index contributed by atoms with van der Waals surface area (Å²) in [6.07, 6.45) is 0. The third-order valence-corrected chi connectivity index (χ3v) is 2.46. The summed E-state index contributed by atoms with van der Waals surface area (Å²) in [4.78, 5) is 13.2. The minimum atomic E-state index is 0.00154. The second-order valence-electron chi connectivity index (χ2n) is 4.02. The highest BCUT2D eigenvalue weighted by atomic mass is 16.5. The van der Waals surface area contributed by atoms with Gasteiger partial charge in [0.05, 0.1) is 0 Å². The van der Waals surface area contributed by atoms with E-state index in [1.54, 1.807) is 11.9 Å². The molecule has 3 nitrogen and oxygen atoms in total. The van der Waals surface area contributed by atoms with E-state index in [1.165, 1.54) is 0 Å². The van der Waals surface area contributed by atoms with Crippen LogP contribution in [-0.2, 0) is 4.79 Å². The molecule has 0 aliphatic heterocycles. The van der Waals surface area contributed by atoms with E-state index in [0.717, 1.165) is 16.9 Å². The number of hydrogen-bond acceptors (Lipinski definition) is 2. The number of carbonyl (C=O) groups is 1. The van der Waals surface area contributed by atoms with Crippen LogP contribution in [0.2, 0.25) is 0 Å². The van der Waals surface area contributed by atoms with E-state index in [2.05, 4.69) is 6.07 Å². The fourth-order valence-corrected chi connectivity index (χ4v) is 1.45. The first-order valence-corrected chi connectivity index (χ1v) is 5.48. The Balaban J connectivity index is 2.58. The van der Waals surface area contributed by atoms with Gasteiger partial charge in [0.1, 0.15) is 5.75 Å². The predicted octanol–water partition coefficient (Wildman–Crippen LogP) is 2.16. The monoisotopic (exact) mass is 221 g/mol. The highest BCUT2D eigenvalue weighted by Crippen LogP contribution is 2.16. The largest absolute Gasteiger partial charge is 0.484 e. The maximum absolute atomic E-state index is 11.5. The van der Waals surface area contributed by atoms with E-state index in [1.807, 2.05) is 32.9 Å². The van der Waals surface area contributed by atoms with Gasteiger partial charge in [-0.25, -0.2) is 0 Å². The van der Waals surface area contributed by atoms with Crippen LogP contribution in [0, 0.1) is 13.8 Å². The quantitative estimate of drug-likeness (QED) is 0.779. The van der Waals surface area contributed by atoms with E-state index < -0.39 is 0 Å². The number of carbonyl (C=O) groups excluding carboxylic acids is 1. The molecular formula is C13H19NO2. The summed E-state index contributed by atoms with van der Waals surface area (Å²) in [6.45, 7) is 6.77. The standard InChI is InChI=1S/C13H19NO2/c1-5-14(4)13(15)9-16-12-7-10(2)6-11(3)8-12/h6-8H,5,9H2,1-4H3. The minimum Gasteiger partial charge on any atom is -0.484 e. The lowest BCUT2D eigenvalue weighted by Crippen LogP contribution is -2.31. The summed E-state index contributed by atoms with van der Waals surface area (Å²) in [5, 5.41) is 0. The molecule has 0 fully saturated rings. The van der Waals surface area contributed by atoms with Crippen LogP contribution in [0.15, 0.2) is 18.2 Å².